The van der Waals surface area contributed by atoms with Crippen LogP contribution in [0.15, 0.2) is 24.4 Å². The summed E-state index contributed by atoms with van der Waals surface area (Å²) in [5.74, 6) is 0.0898. The van der Waals surface area contributed by atoms with E-state index in [0.717, 1.165) is 38.6 Å². The number of nitrogens with zero attached hydrogens (tertiary/aromatic N) is 2. The number of likely N-dealkylation sites (tertiary alicyclic amines) is 1. The van der Waals surface area contributed by atoms with Gasteiger partial charge in [0.05, 0.1) is 11.6 Å². The molecule has 3 rings (SSSR count). The Morgan fingerprint density at radius 3 is 3.00 bits per heavy atom. The lowest BCUT2D eigenvalue weighted by Gasteiger charge is -2.41. The number of pyridine rings is 1. The number of carbonyl (C=O) groups is 2. The smallest absolute Gasteiger partial charge is 0.272 e. The van der Waals surface area contributed by atoms with Crippen molar-refractivity contribution in [1.29, 1.82) is 0 Å². The lowest BCUT2D eigenvalue weighted by Crippen LogP contribution is -2.59. The molecule has 0 aromatic carbocycles. The first-order valence-electron chi connectivity index (χ1n) is 8.13. The Morgan fingerprint density at radius 1 is 1.36 bits per heavy atom. The van der Waals surface area contributed by atoms with Crippen LogP contribution < -0.4 is 5.32 Å². The van der Waals surface area contributed by atoms with Crippen LogP contribution in [0.4, 0.5) is 0 Å². The molecule has 0 saturated carbocycles. The second-order valence-corrected chi connectivity index (χ2v) is 6.54. The van der Waals surface area contributed by atoms with Crippen LogP contribution in [0.2, 0.25) is 0 Å². The van der Waals surface area contributed by atoms with Crippen molar-refractivity contribution in [3.05, 3.63) is 30.1 Å². The zero-order valence-electron chi connectivity index (χ0n) is 13.0. The Morgan fingerprint density at radius 2 is 2.23 bits per heavy atom. The van der Waals surface area contributed by atoms with Gasteiger partial charge in [-0.2, -0.15) is 0 Å². The monoisotopic (exact) mass is 301 g/mol. The zero-order valence-corrected chi connectivity index (χ0v) is 13.0. The average Bonchev–Trinajstić information content (AvgIpc) is 2.76. The summed E-state index contributed by atoms with van der Waals surface area (Å²) in [7, 11) is 0. The highest BCUT2D eigenvalue weighted by Crippen LogP contribution is 2.33. The SMILES string of the molecule is C[C@]12CCCCN(C(=O)c3ccccn3)[C@H]1CCCC(=O)N2. The molecule has 22 heavy (non-hydrogen) atoms. The minimum absolute atomic E-state index is 0.0186. The van der Waals surface area contributed by atoms with Crippen molar-refractivity contribution in [3.8, 4) is 0 Å². The molecular weight excluding hydrogens is 278 g/mol. The third-order valence-corrected chi connectivity index (χ3v) is 4.91. The molecule has 0 radical (unpaired) electrons. The summed E-state index contributed by atoms with van der Waals surface area (Å²) in [4.78, 5) is 31.0. The molecule has 1 aromatic heterocycles. The van der Waals surface area contributed by atoms with Gasteiger partial charge in [0.15, 0.2) is 0 Å². The van der Waals surface area contributed by atoms with Crippen molar-refractivity contribution >= 4 is 11.8 Å². The van der Waals surface area contributed by atoms with Crippen molar-refractivity contribution in [1.82, 2.24) is 15.2 Å². The van der Waals surface area contributed by atoms with Crippen molar-refractivity contribution in [2.75, 3.05) is 6.54 Å². The maximum Gasteiger partial charge on any atom is 0.272 e. The number of hydrogen-bond donors (Lipinski definition) is 1. The maximum atomic E-state index is 12.9. The van der Waals surface area contributed by atoms with E-state index in [2.05, 4.69) is 17.2 Å². The van der Waals surface area contributed by atoms with E-state index in [1.54, 1.807) is 12.3 Å². The van der Waals surface area contributed by atoms with Gasteiger partial charge in [-0.3, -0.25) is 14.6 Å². The van der Waals surface area contributed by atoms with Gasteiger partial charge in [0.1, 0.15) is 5.69 Å². The van der Waals surface area contributed by atoms with E-state index in [9.17, 15) is 9.59 Å². The summed E-state index contributed by atoms with van der Waals surface area (Å²) in [5.41, 5.74) is 0.163. The van der Waals surface area contributed by atoms with Gasteiger partial charge in [-0.15, -0.1) is 0 Å². The molecule has 5 heteroatoms. The van der Waals surface area contributed by atoms with Gasteiger partial charge in [0.25, 0.3) is 5.91 Å². The van der Waals surface area contributed by atoms with E-state index in [-0.39, 0.29) is 23.4 Å². The van der Waals surface area contributed by atoms with Crippen molar-refractivity contribution in [2.24, 2.45) is 0 Å². The van der Waals surface area contributed by atoms with Gasteiger partial charge in [0, 0.05) is 19.2 Å². The molecule has 0 unspecified atom stereocenters. The third kappa shape index (κ3) is 2.85. The molecular formula is C17H23N3O2. The molecule has 0 spiro atoms. The van der Waals surface area contributed by atoms with Crippen LogP contribution in [0.25, 0.3) is 0 Å². The molecule has 3 heterocycles. The molecule has 2 saturated heterocycles. The maximum absolute atomic E-state index is 12.9. The lowest BCUT2D eigenvalue weighted by molar-refractivity contribution is -0.122. The summed E-state index contributed by atoms with van der Waals surface area (Å²) >= 11 is 0. The predicted octanol–water partition coefficient (Wildman–Crippen LogP) is 2.14. The number of fused-ring (bicyclic) bond motifs is 1. The first-order chi connectivity index (χ1) is 10.6. The molecule has 2 amide bonds. The van der Waals surface area contributed by atoms with Gasteiger partial charge in [0.2, 0.25) is 5.91 Å². The van der Waals surface area contributed by atoms with Crippen LogP contribution in [0.1, 0.15) is 55.9 Å². The zero-order chi connectivity index (χ0) is 15.6. The molecule has 5 nitrogen and oxygen atoms in total. The van der Waals surface area contributed by atoms with E-state index in [4.69, 9.17) is 0 Å². The van der Waals surface area contributed by atoms with E-state index < -0.39 is 0 Å². The molecule has 1 N–H and O–H groups in total. The highest BCUT2D eigenvalue weighted by molar-refractivity contribution is 5.92. The minimum atomic E-state index is -0.325. The lowest BCUT2D eigenvalue weighted by atomic mass is 9.85. The highest BCUT2D eigenvalue weighted by Gasteiger charge is 2.43. The Bertz CT molecular complexity index is 560. The predicted molar refractivity (Wildman–Crippen MR) is 83.3 cm³/mol. The first-order valence-corrected chi connectivity index (χ1v) is 8.13. The molecule has 2 atom stereocenters. The highest BCUT2D eigenvalue weighted by atomic mass is 16.2. The summed E-state index contributed by atoms with van der Waals surface area (Å²) in [6.07, 6.45) is 6.83. The van der Waals surface area contributed by atoms with E-state index in [1.807, 2.05) is 17.0 Å². The molecule has 2 aliphatic heterocycles. The summed E-state index contributed by atoms with van der Waals surface area (Å²) in [5, 5.41) is 3.18. The topological polar surface area (TPSA) is 62.3 Å². The van der Waals surface area contributed by atoms with Crippen LogP contribution in [0.5, 0.6) is 0 Å². The Kier molecular flexibility index (Phi) is 4.14. The normalized spacial score (nSPS) is 29.0. The quantitative estimate of drug-likeness (QED) is 0.864. The molecule has 1 aromatic rings. The minimum Gasteiger partial charge on any atom is -0.349 e. The van der Waals surface area contributed by atoms with Gasteiger partial charge >= 0.3 is 0 Å². The van der Waals surface area contributed by atoms with Crippen LogP contribution >= 0.6 is 0 Å². The number of hydrogen-bond acceptors (Lipinski definition) is 3. The summed E-state index contributed by atoms with van der Waals surface area (Å²) in [6, 6.07) is 5.47. The molecule has 0 bridgehead atoms. The third-order valence-electron chi connectivity index (χ3n) is 4.91. The number of amides is 2. The number of rotatable bonds is 1. The van der Waals surface area contributed by atoms with Gasteiger partial charge in [-0.25, -0.2) is 0 Å². The van der Waals surface area contributed by atoms with Gasteiger partial charge < -0.3 is 10.2 Å². The fraction of sp³-hybridized carbons (Fsp3) is 0.588. The molecule has 2 fully saturated rings. The standard InChI is InChI=1S/C17H23N3O2/c1-17-10-3-5-12-20(14(17)8-6-9-15(21)19-17)16(22)13-7-2-4-11-18-13/h2,4,7,11,14H,3,5-6,8-10,12H2,1H3,(H,19,21)/t14-,17-/m0/s1. The van der Waals surface area contributed by atoms with Crippen LogP contribution in [0, 0.1) is 0 Å². The number of carbonyl (C=O) groups excluding carboxylic acids is 2. The Balaban J connectivity index is 1.92. The van der Waals surface area contributed by atoms with E-state index >= 15 is 0 Å². The largest absolute Gasteiger partial charge is 0.349 e. The average molecular weight is 301 g/mol. The van der Waals surface area contributed by atoms with Crippen molar-refractivity contribution in [3.63, 3.8) is 0 Å². The van der Waals surface area contributed by atoms with Crippen LogP contribution in [-0.2, 0) is 4.79 Å². The summed E-state index contributed by atoms with van der Waals surface area (Å²) < 4.78 is 0. The number of nitrogens with one attached hydrogen (secondary N) is 1. The van der Waals surface area contributed by atoms with E-state index in [1.165, 1.54) is 0 Å². The second-order valence-electron chi connectivity index (χ2n) is 6.54. The van der Waals surface area contributed by atoms with Crippen LogP contribution in [-0.4, -0.2) is 39.8 Å². The first kappa shape index (κ1) is 15.0. The molecule has 0 aliphatic carbocycles. The number of aromatic nitrogens is 1. The fourth-order valence-corrected chi connectivity index (χ4v) is 3.78. The fourth-order valence-electron chi connectivity index (χ4n) is 3.78. The van der Waals surface area contributed by atoms with Crippen molar-refractivity contribution < 1.29 is 9.59 Å². The van der Waals surface area contributed by atoms with Crippen molar-refractivity contribution in [2.45, 2.75) is 57.0 Å². The van der Waals surface area contributed by atoms with E-state index in [0.29, 0.717) is 12.1 Å². The van der Waals surface area contributed by atoms with Crippen LogP contribution in [0.3, 0.4) is 0 Å². The summed E-state index contributed by atoms with van der Waals surface area (Å²) in [6.45, 7) is 2.83. The molecule has 2 aliphatic rings. The van der Waals surface area contributed by atoms with Gasteiger partial charge in [-0.1, -0.05) is 6.07 Å². The second kappa shape index (κ2) is 6.07. The Hall–Kier alpha value is -1.91. The Labute approximate surface area is 131 Å². The molecule has 118 valence electrons. The van der Waals surface area contributed by atoms with Gasteiger partial charge in [-0.05, 0) is 51.2 Å².